The Hall–Kier alpha value is -2.55. The van der Waals surface area contributed by atoms with E-state index in [1.54, 1.807) is 0 Å². The molecule has 3 heteroatoms. The number of benzene rings is 2. The highest BCUT2D eigenvalue weighted by molar-refractivity contribution is 5.71. The van der Waals surface area contributed by atoms with E-state index in [0.29, 0.717) is 13.0 Å². The summed E-state index contributed by atoms with van der Waals surface area (Å²) in [6.45, 7) is 6.91. The normalized spacial score (nSPS) is 13.8. The molecule has 3 rings (SSSR count). The van der Waals surface area contributed by atoms with Crippen LogP contribution in [-0.4, -0.2) is 17.7 Å². The van der Waals surface area contributed by atoms with Gasteiger partial charge in [0.1, 0.15) is 12.4 Å². The molecule has 3 nitrogen and oxygen atoms in total. The summed E-state index contributed by atoms with van der Waals surface area (Å²) in [7, 11) is 0. The largest absolute Gasteiger partial charge is 0.489 e. The highest BCUT2D eigenvalue weighted by Gasteiger charge is 2.17. The first-order valence-electron chi connectivity index (χ1n) is 10.2. The Bertz CT molecular complexity index is 875. The van der Waals surface area contributed by atoms with Crippen LogP contribution in [0.25, 0.3) is 5.57 Å². The van der Waals surface area contributed by atoms with Crippen LogP contribution in [0.2, 0.25) is 0 Å². The first kappa shape index (κ1) is 20.2. The van der Waals surface area contributed by atoms with Gasteiger partial charge in [0.25, 0.3) is 0 Å². The number of aryl methyl sites for hydroxylation is 2. The Labute approximate surface area is 168 Å². The molecule has 0 bridgehead atoms. The van der Waals surface area contributed by atoms with Crippen molar-refractivity contribution in [3.63, 3.8) is 0 Å². The molecule has 0 saturated heterocycles. The SMILES string of the molecule is CCc1ccc(C2=C(COc3ccc(CCC(=O)O)c(C)c3C)CCC2)cc1. The molecule has 0 fully saturated rings. The summed E-state index contributed by atoms with van der Waals surface area (Å²) in [5.74, 6) is 0.140. The van der Waals surface area contributed by atoms with Crippen molar-refractivity contribution in [1.82, 2.24) is 0 Å². The number of ether oxygens (including phenoxy) is 1. The van der Waals surface area contributed by atoms with Crippen molar-refractivity contribution in [1.29, 1.82) is 0 Å². The maximum Gasteiger partial charge on any atom is 0.303 e. The van der Waals surface area contributed by atoms with Crippen molar-refractivity contribution in [3.8, 4) is 5.75 Å². The maximum atomic E-state index is 10.8. The molecule has 0 unspecified atom stereocenters. The quantitative estimate of drug-likeness (QED) is 0.622. The van der Waals surface area contributed by atoms with Crippen LogP contribution in [-0.2, 0) is 17.6 Å². The minimum atomic E-state index is -0.759. The number of rotatable bonds is 8. The first-order chi connectivity index (χ1) is 13.5. The Morgan fingerprint density at radius 1 is 1.04 bits per heavy atom. The van der Waals surface area contributed by atoms with Gasteiger partial charge in [-0.3, -0.25) is 4.79 Å². The average molecular weight is 379 g/mol. The number of carbonyl (C=O) groups is 1. The fourth-order valence-electron chi connectivity index (χ4n) is 3.94. The van der Waals surface area contributed by atoms with E-state index in [2.05, 4.69) is 45.0 Å². The van der Waals surface area contributed by atoms with Gasteiger partial charge in [0, 0.05) is 6.42 Å². The van der Waals surface area contributed by atoms with E-state index < -0.39 is 5.97 Å². The zero-order valence-electron chi connectivity index (χ0n) is 17.2. The summed E-state index contributed by atoms with van der Waals surface area (Å²) in [6.07, 6.45) is 5.20. The van der Waals surface area contributed by atoms with E-state index in [1.165, 1.54) is 28.7 Å². The summed E-state index contributed by atoms with van der Waals surface area (Å²) in [6, 6.07) is 12.9. The third kappa shape index (κ3) is 4.64. The summed E-state index contributed by atoms with van der Waals surface area (Å²) in [5, 5.41) is 8.91. The molecule has 1 aliphatic carbocycles. The molecule has 0 atom stereocenters. The molecule has 0 aromatic heterocycles. The Morgan fingerprint density at radius 3 is 2.46 bits per heavy atom. The zero-order valence-corrected chi connectivity index (χ0v) is 17.2. The Morgan fingerprint density at radius 2 is 1.79 bits per heavy atom. The summed E-state index contributed by atoms with van der Waals surface area (Å²) >= 11 is 0. The van der Waals surface area contributed by atoms with Gasteiger partial charge in [-0.05, 0) is 91.0 Å². The van der Waals surface area contributed by atoms with Crippen molar-refractivity contribution >= 4 is 11.5 Å². The smallest absolute Gasteiger partial charge is 0.303 e. The van der Waals surface area contributed by atoms with Gasteiger partial charge in [-0.1, -0.05) is 37.3 Å². The van der Waals surface area contributed by atoms with E-state index >= 15 is 0 Å². The molecular weight excluding hydrogens is 348 g/mol. The molecule has 2 aromatic carbocycles. The van der Waals surface area contributed by atoms with Crippen LogP contribution in [0.3, 0.4) is 0 Å². The lowest BCUT2D eigenvalue weighted by Gasteiger charge is -2.16. The lowest BCUT2D eigenvalue weighted by molar-refractivity contribution is -0.136. The standard InChI is InChI=1S/C25H30O3/c1-4-19-8-10-21(11-9-19)23-7-5-6-22(23)16-28-24-14-12-20(13-15-25(26)27)17(2)18(24)3/h8-12,14H,4-7,13,15-16H2,1-3H3,(H,26,27). The molecule has 28 heavy (non-hydrogen) atoms. The van der Waals surface area contributed by atoms with Gasteiger partial charge in [0.05, 0.1) is 0 Å². The lowest BCUT2D eigenvalue weighted by atomic mass is 9.98. The highest BCUT2D eigenvalue weighted by atomic mass is 16.5. The van der Waals surface area contributed by atoms with Crippen molar-refractivity contribution in [2.75, 3.05) is 6.61 Å². The molecule has 1 N–H and O–H groups in total. The van der Waals surface area contributed by atoms with E-state index in [4.69, 9.17) is 9.84 Å². The predicted molar refractivity (Wildman–Crippen MR) is 114 cm³/mol. The van der Waals surface area contributed by atoms with Crippen LogP contribution < -0.4 is 4.74 Å². The summed E-state index contributed by atoms with van der Waals surface area (Å²) < 4.78 is 6.20. The monoisotopic (exact) mass is 378 g/mol. The molecule has 0 amide bonds. The Balaban J connectivity index is 1.73. The summed E-state index contributed by atoms with van der Waals surface area (Å²) in [4.78, 5) is 10.8. The number of aliphatic carboxylic acids is 1. The van der Waals surface area contributed by atoms with Gasteiger partial charge < -0.3 is 9.84 Å². The van der Waals surface area contributed by atoms with Crippen molar-refractivity contribution in [2.45, 2.75) is 59.3 Å². The third-order valence-electron chi connectivity index (χ3n) is 5.90. The van der Waals surface area contributed by atoms with Crippen LogP contribution >= 0.6 is 0 Å². The van der Waals surface area contributed by atoms with Crippen LogP contribution in [0.15, 0.2) is 42.0 Å². The van der Waals surface area contributed by atoms with Gasteiger partial charge in [-0.2, -0.15) is 0 Å². The number of allylic oxidation sites excluding steroid dienone is 1. The molecule has 0 spiro atoms. The first-order valence-corrected chi connectivity index (χ1v) is 10.2. The molecule has 0 heterocycles. The van der Waals surface area contributed by atoms with E-state index in [-0.39, 0.29) is 6.42 Å². The van der Waals surface area contributed by atoms with E-state index in [9.17, 15) is 4.79 Å². The zero-order chi connectivity index (χ0) is 20.1. The second-order valence-corrected chi connectivity index (χ2v) is 7.64. The summed E-state index contributed by atoms with van der Waals surface area (Å²) in [5.41, 5.74) is 8.86. The minimum absolute atomic E-state index is 0.160. The fraction of sp³-hybridized carbons (Fsp3) is 0.400. The lowest BCUT2D eigenvalue weighted by Crippen LogP contribution is -2.05. The number of carboxylic acids is 1. The highest BCUT2D eigenvalue weighted by Crippen LogP contribution is 2.35. The average Bonchev–Trinajstić information content (AvgIpc) is 3.17. The molecule has 0 aliphatic heterocycles. The molecule has 0 saturated carbocycles. The predicted octanol–water partition coefficient (Wildman–Crippen LogP) is 5.90. The van der Waals surface area contributed by atoms with Crippen molar-refractivity contribution in [2.24, 2.45) is 0 Å². The number of hydrogen-bond acceptors (Lipinski definition) is 2. The van der Waals surface area contributed by atoms with Gasteiger partial charge in [0.2, 0.25) is 0 Å². The van der Waals surface area contributed by atoms with Crippen LogP contribution in [0.4, 0.5) is 0 Å². The minimum Gasteiger partial charge on any atom is -0.489 e. The number of hydrogen-bond donors (Lipinski definition) is 1. The molecule has 148 valence electrons. The van der Waals surface area contributed by atoms with Crippen LogP contribution in [0.5, 0.6) is 5.75 Å². The number of carboxylic acid groups (broad SMARTS) is 1. The molecular formula is C25H30O3. The van der Waals surface area contributed by atoms with Crippen LogP contribution in [0.1, 0.15) is 60.4 Å². The second-order valence-electron chi connectivity index (χ2n) is 7.64. The second kappa shape index (κ2) is 9.09. The van der Waals surface area contributed by atoms with Crippen molar-refractivity contribution < 1.29 is 14.6 Å². The Kier molecular flexibility index (Phi) is 6.56. The van der Waals surface area contributed by atoms with Gasteiger partial charge in [0.15, 0.2) is 0 Å². The van der Waals surface area contributed by atoms with Gasteiger partial charge in [-0.15, -0.1) is 0 Å². The molecule has 2 aromatic rings. The maximum absolute atomic E-state index is 10.8. The fourth-order valence-corrected chi connectivity index (χ4v) is 3.94. The van der Waals surface area contributed by atoms with Crippen LogP contribution in [0, 0.1) is 13.8 Å². The molecule has 0 radical (unpaired) electrons. The topological polar surface area (TPSA) is 46.5 Å². The third-order valence-corrected chi connectivity index (χ3v) is 5.90. The van der Waals surface area contributed by atoms with E-state index in [1.807, 2.05) is 12.1 Å². The van der Waals surface area contributed by atoms with Gasteiger partial charge in [-0.25, -0.2) is 0 Å². The van der Waals surface area contributed by atoms with E-state index in [0.717, 1.165) is 41.7 Å². The van der Waals surface area contributed by atoms with Gasteiger partial charge >= 0.3 is 5.97 Å². The molecule has 1 aliphatic rings. The van der Waals surface area contributed by atoms with Crippen molar-refractivity contribution in [3.05, 3.63) is 69.8 Å².